The van der Waals surface area contributed by atoms with E-state index in [0.717, 1.165) is 31.2 Å². The molecule has 7 heteroatoms. The molecule has 0 aromatic heterocycles. The zero-order chi connectivity index (χ0) is 17.0. The van der Waals surface area contributed by atoms with Gasteiger partial charge in [0.15, 0.2) is 0 Å². The first-order valence-corrected chi connectivity index (χ1v) is 8.37. The number of likely N-dealkylation sites (tertiary alicyclic amines) is 1. The van der Waals surface area contributed by atoms with Crippen molar-refractivity contribution in [2.45, 2.75) is 38.4 Å². The van der Waals surface area contributed by atoms with Gasteiger partial charge in [-0.3, -0.25) is 0 Å². The van der Waals surface area contributed by atoms with Gasteiger partial charge in [-0.2, -0.15) is 0 Å². The van der Waals surface area contributed by atoms with E-state index in [4.69, 9.17) is 15.0 Å². The van der Waals surface area contributed by atoms with Gasteiger partial charge in [0, 0.05) is 31.2 Å². The SMILES string of the molecule is [N-]=[N+]=NCCCCOC1CCN(C(=O)OCc2ccccc2)CC1. The summed E-state index contributed by atoms with van der Waals surface area (Å²) in [5.41, 5.74) is 9.17. The number of hydrogen-bond donors (Lipinski definition) is 0. The van der Waals surface area contributed by atoms with Gasteiger partial charge in [0.05, 0.1) is 6.10 Å². The van der Waals surface area contributed by atoms with Crippen molar-refractivity contribution in [1.29, 1.82) is 0 Å². The Kier molecular flexibility index (Phi) is 7.93. The maximum atomic E-state index is 12.1. The van der Waals surface area contributed by atoms with Crippen LogP contribution in [0.3, 0.4) is 0 Å². The Morgan fingerprint density at radius 1 is 1.25 bits per heavy atom. The van der Waals surface area contributed by atoms with Gasteiger partial charge in [0.2, 0.25) is 0 Å². The molecule has 1 heterocycles. The molecular weight excluding hydrogens is 308 g/mol. The summed E-state index contributed by atoms with van der Waals surface area (Å²) in [6, 6.07) is 9.68. The maximum absolute atomic E-state index is 12.1. The normalized spacial score (nSPS) is 14.9. The van der Waals surface area contributed by atoms with E-state index in [0.29, 0.717) is 32.8 Å². The average Bonchev–Trinajstić information content (AvgIpc) is 2.64. The van der Waals surface area contributed by atoms with Crippen LogP contribution in [0.25, 0.3) is 10.4 Å². The molecule has 0 bridgehead atoms. The maximum Gasteiger partial charge on any atom is 0.410 e. The predicted octanol–water partition coefficient (Wildman–Crippen LogP) is 3.89. The zero-order valence-electron chi connectivity index (χ0n) is 13.8. The van der Waals surface area contributed by atoms with Crippen LogP contribution in [0.2, 0.25) is 0 Å². The molecule has 1 aromatic rings. The monoisotopic (exact) mass is 332 g/mol. The molecule has 24 heavy (non-hydrogen) atoms. The summed E-state index contributed by atoms with van der Waals surface area (Å²) < 4.78 is 11.2. The standard InChI is InChI=1S/C17H24N4O3/c18-20-19-10-4-5-13-23-16-8-11-21(12-9-16)17(22)24-14-15-6-2-1-3-7-15/h1-3,6-7,16H,4-5,8-14H2. The van der Waals surface area contributed by atoms with Gasteiger partial charge < -0.3 is 14.4 Å². The Bertz CT molecular complexity index is 538. The molecule has 130 valence electrons. The van der Waals surface area contributed by atoms with Gasteiger partial charge in [-0.25, -0.2) is 4.79 Å². The summed E-state index contributed by atoms with van der Waals surface area (Å²) in [6.07, 6.45) is 3.33. The third-order valence-electron chi connectivity index (χ3n) is 3.97. The van der Waals surface area contributed by atoms with Crippen LogP contribution in [-0.2, 0) is 16.1 Å². The number of unbranched alkanes of at least 4 members (excludes halogenated alkanes) is 1. The molecule has 7 nitrogen and oxygen atoms in total. The fraction of sp³-hybridized carbons (Fsp3) is 0.588. The largest absolute Gasteiger partial charge is 0.445 e. The molecule has 1 saturated heterocycles. The number of nitrogens with zero attached hydrogens (tertiary/aromatic N) is 4. The van der Waals surface area contributed by atoms with E-state index in [1.807, 2.05) is 30.3 Å². The number of carbonyl (C=O) groups is 1. The number of ether oxygens (including phenoxy) is 2. The summed E-state index contributed by atoms with van der Waals surface area (Å²) in [5.74, 6) is 0. The topological polar surface area (TPSA) is 87.5 Å². The van der Waals surface area contributed by atoms with Crippen LogP contribution in [0.1, 0.15) is 31.2 Å². The Morgan fingerprint density at radius 3 is 2.71 bits per heavy atom. The summed E-state index contributed by atoms with van der Waals surface area (Å²) in [6.45, 7) is 2.82. The predicted molar refractivity (Wildman–Crippen MR) is 90.4 cm³/mol. The highest BCUT2D eigenvalue weighted by Gasteiger charge is 2.24. The minimum Gasteiger partial charge on any atom is -0.445 e. The van der Waals surface area contributed by atoms with Crippen LogP contribution < -0.4 is 0 Å². The second-order valence-electron chi connectivity index (χ2n) is 5.76. The van der Waals surface area contributed by atoms with Crippen molar-refractivity contribution in [3.05, 3.63) is 46.3 Å². The third kappa shape index (κ3) is 6.48. The molecule has 1 aromatic carbocycles. The first-order chi connectivity index (χ1) is 11.8. The van der Waals surface area contributed by atoms with Crippen molar-refractivity contribution in [2.75, 3.05) is 26.2 Å². The molecule has 0 N–H and O–H groups in total. The number of rotatable bonds is 8. The Labute approximate surface area is 142 Å². The summed E-state index contributed by atoms with van der Waals surface area (Å²) in [4.78, 5) is 16.5. The van der Waals surface area contributed by atoms with Crippen LogP contribution in [0.15, 0.2) is 35.4 Å². The van der Waals surface area contributed by atoms with Crippen molar-refractivity contribution in [3.8, 4) is 0 Å². The van der Waals surface area contributed by atoms with E-state index in [1.165, 1.54) is 0 Å². The smallest absolute Gasteiger partial charge is 0.410 e. The number of hydrogen-bond acceptors (Lipinski definition) is 4. The van der Waals surface area contributed by atoms with Crippen molar-refractivity contribution >= 4 is 6.09 Å². The van der Waals surface area contributed by atoms with Crippen molar-refractivity contribution in [2.24, 2.45) is 5.11 Å². The minimum atomic E-state index is -0.258. The third-order valence-corrected chi connectivity index (χ3v) is 3.97. The lowest BCUT2D eigenvalue weighted by Crippen LogP contribution is -2.41. The number of carbonyl (C=O) groups excluding carboxylic acids is 1. The Hall–Kier alpha value is -2.24. The molecule has 0 unspecified atom stereocenters. The van der Waals surface area contributed by atoms with Crippen molar-refractivity contribution in [3.63, 3.8) is 0 Å². The van der Waals surface area contributed by atoms with Gasteiger partial charge in [-0.05, 0) is 36.8 Å². The number of benzene rings is 1. The second-order valence-corrected chi connectivity index (χ2v) is 5.76. The molecule has 1 fully saturated rings. The molecule has 1 amide bonds. The lowest BCUT2D eigenvalue weighted by molar-refractivity contribution is 0.00377. The molecule has 1 aliphatic rings. The second kappa shape index (κ2) is 10.5. The molecule has 2 rings (SSSR count). The minimum absolute atomic E-state index is 0.197. The Morgan fingerprint density at radius 2 is 2.00 bits per heavy atom. The average molecular weight is 332 g/mol. The van der Waals surface area contributed by atoms with Gasteiger partial charge in [-0.15, -0.1) is 0 Å². The highest BCUT2D eigenvalue weighted by Crippen LogP contribution is 2.15. The molecule has 0 atom stereocenters. The van der Waals surface area contributed by atoms with Crippen LogP contribution in [0.4, 0.5) is 4.79 Å². The van der Waals surface area contributed by atoms with Crippen molar-refractivity contribution in [1.82, 2.24) is 4.90 Å². The molecule has 0 radical (unpaired) electrons. The number of amides is 1. The van der Waals surface area contributed by atoms with Crippen LogP contribution >= 0.6 is 0 Å². The highest BCUT2D eigenvalue weighted by atomic mass is 16.6. The van der Waals surface area contributed by atoms with E-state index in [1.54, 1.807) is 4.90 Å². The van der Waals surface area contributed by atoms with E-state index in [-0.39, 0.29) is 12.2 Å². The summed E-state index contributed by atoms with van der Waals surface area (Å²) in [5, 5.41) is 3.49. The van der Waals surface area contributed by atoms with Crippen LogP contribution in [0.5, 0.6) is 0 Å². The molecule has 0 spiro atoms. The van der Waals surface area contributed by atoms with E-state index in [9.17, 15) is 4.79 Å². The fourth-order valence-corrected chi connectivity index (χ4v) is 2.59. The van der Waals surface area contributed by atoms with Gasteiger partial charge >= 0.3 is 6.09 Å². The molecule has 1 aliphatic heterocycles. The zero-order valence-corrected chi connectivity index (χ0v) is 13.8. The molecule has 0 saturated carbocycles. The number of azide groups is 1. The summed E-state index contributed by atoms with van der Waals surface area (Å²) in [7, 11) is 0. The molecule has 0 aliphatic carbocycles. The van der Waals surface area contributed by atoms with Crippen LogP contribution in [0, 0.1) is 0 Å². The fourth-order valence-electron chi connectivity index (χ4n) is 2.59. The first kappa shape index (κ1) is 18.1. The van der Waals surface area contributed by atoms with Gasteiger partial charge in [0.25, 0.3) is 0 Å². The molecular formula is C17H24N4O3. The quantitative estimate of drug-likeness (QED) is 0.313. The van der Waals surface area contributed by atoms with Gasteiger partial charge in [0.1, 0.15) is 6.61 Å². The van der Waals surface area contributed by atoms with E-state index < -0.39 is 0 Å². The lowest BCUT2D eigenvalue weighted by atomic mass is 10.1. The van der Waals surface area contributed by atoms with Crippen molar-refractivity contribution < 1.29 is 14.3 Å². The summed E-state index contributed by atoms with van der Waals surface area (Å²) >= 11 is 0. The van der Waals surface area contributed by atoms with Gasteiger partial charge in [-0.1, -0.05) is 35.4 Å². The van der Waals surface area contributed by atoms with E-state index >= 15 is 0 Å². The number of piperidine rings is 1. The lowest BCUT2D eigenvalue weighted by Gasteiger charge is -2.31. The highest BCUT2D eigenvalue weighted by molar-refractivity contribution is 5.67. The van der Waals surface area contributed by atoms with E-state index in [2.05, 4.69) is 10.0 Å². The van der Waals surface area contributed by atoms with Crippen LogP contribution in [-0.4, -0.2) is 43.3 Å². The Balaban J connectivity index is 1.58. The first-order valence-electron chi connectivity index (χ1n) is 8.37.